The molecule has 5 rings (SSSR count). The van der Waals surface area contributed by atoms with E-state index in [1.165, 1.54) is 23.8 Å². The van der Waals surface area contributed by atoms with Crippen LogP contribution in [0.15, 0.2) is 18.3 Å². The van der Waals surface area contributed by atoms with Crippen molar-refractivity contribution in [1.82, 2.24) is 29.4 Å². The Hall–Kier alpha value is -3.47. The second-order valence-electron chi connectivity index (χ2n) is 9.01. The number of nitrogens with two attached hydrogens (primary N) is 1. The second kappa shape index (κ2) is 8.39. The molecule has 3 atom stereocenters. The Kier molecular flexibility index (Phi) is 5.51. The number of methoxy groups -OCH3 is 1. The Bertz CT molecular complexity index is 1360. The number of aliphatic hydroxyl groups excluding tert-OH is 1. The fraction of sp³-hybridized carbons (Fsp3) is 0.478. The summed E-state index contributed by atoms with van der Waals surface area (Å²) < 4.78 is 22.9. The van der Waals surface area contributed by atoms with Crippen LogP contribution in [0.1, 0.15) is 50.2 Å². The van der Waals surface area contributed by atoms with Gasteiger partial charge in [-0.1, -0.05) is 0 Å². The molecule has 1 aliphatic rings. The molecule has 10 nitrogen and oxygen atoms in total. The number of nitrogens with zero attached hydrogens (tertiary/aromatic N) is 7. The minimum Gasteiger partial charge on any atom is -0.494 e. The third kappa shape index (κ3) is 3.60. The van der Waals surface area contributed by atoms with Crippen molar-refractivity contribution < 1.29 is 14.2 Å². The number of hydrogen-bond acceptors (Lipinski definition) is 8. The third-order valence-electron chi connectivity index (χ3n) is 6.80. The Morgan fingerprint density at radius 2 is 2.06 bits per heavy atom. The highest BCUT2D eigenvalue weighted by molar-refractivity contribution is 5.95. The number of aliphatic hydroxyl groups is 1. The molecule has 0 amide bonds. The van der Waals surface area contributed by atoms with Gasteiger partial charge in [0.05, 0.1) is 42.2 Å². The number of anilines is 2. The first kappa shape index (κ1) is 22.3. The highest BCUT2D eigenvalue weighted by Crippen LogP contribution is 2.33. The molecule has 0 radical (unpaired) electrons. The lowest BCUT2D eigenvalue weighted by Crippen LogP contribution is -2.35. The van der Waals surface area contributed by atoms with Gasteiger partial charge >= 0.3 is 0 Å². The third-order valence-corrected chi connectivity index (χ3v) is 6.80. The van der Waals surface area contributed by atoms with Crippen LogP contribution in [-0.4, -0.2) is 60.8 Å². The van der Waals surface area contributed by atoms with Crippen molar-refractivity contribution in [3.05, 3.63) is 35.7 Å². The maximum Gasteiger partial charge on any atom is 0.223 e. The number of aromatic nitrogens is 6. The predicted octanol–water partition coefficient (Wildman–Crippen LogP) is 2.84. The average Bonchev–Trinajstić information content (AvgIpc) is 3.44. The van der Waals surface area contributed by atoms with Gasteiger partial charge in [0.2, 0.25) is 5.95 Å². The number of ether oxygens (including phenoxy) is 1. The predicted molar refractivity (Wildman–Crippen MR) is 127 cm³/mol. The van der Waals surface area contributed by atoms with E-state index < -0.39 is 11.9 Å². The van der Waals surface area contributed by atoms with Gasteiger partial charge in [-0.25, -0.2) is 14.4 Å². The standard InChI is InChI=1S/C23H29FN8O2/c1-12(14(3)33)31-13(2)18(10-26-31)30-7-5-6-15(11-30)21-28-22-17-8-16(24)9-19(34-4)20(17)27-23(25)32(22)29-21/h8-10,12,14-15,33H,5-7,11H2,1-4H3,(H2,25,27)/t12-,14-,15?/m1/s1. The minimum absolute atomic E-state index is 0.0653. The lowest BCUT2D eigenvalue weighted by molar-refractivity contribution is 0.131. The van der Waals surface area contributed by atoms with Crippen LogP contribution in [0.25, 0.3) is 16.6 Å². The van der Waals surface area contributed by atoms with Crippen molar-refractivity contribution >= 4 is 28.2 Å². The van der Waals surface area contributed by atoms with Gasteiger partial charge in [-0.2, -0.15) is 9.61 Å². The van der Waals surface area contributed by atoms with Gasteiger partial charge < -0.3 is 20.5 Å². The number of rotatable bonds is 5. The van der Waals surface area contributed by atoms with Crippen LogP contribution in [0.3, 0.4) is 0 Å². The zero-order chi connectivity index (χ0) is 24.1. The Morgan fingerprint density at radius 1 is 1.26 bits per heavy atom. The van der Waals surface area contributed by atoms with E-state index in [0.717, 1.165) is 37.3 Å². The summed E-state index contributed by atoms with van der Waals surface area (Å²) in [6.45, 7) is 7.36. The van der Waals surface area contributed by atoms with Crippen molar-refractivity contribution in [3.63, 3.8) is 0 Å². The van der Waals surface area contributed by atoms with E-state index >= 15 is 0 Å². The molecule has 11 heteroatoms. The first-order valence-electron chi connectivity index (χ1n) is 11.4. The SMILES string of the molecule is COc1cc(F)cc2c1nc(N)n1nc(C3CCCN(c4cnn([C@H](C)[C@@H](C)O)c4C)C3)nc21. The quantitative estimate of drug-likeness (QED) is 0.459. The molecule has 1 saturated heterocycles. The van der Waals surface area contributed by atoms with Crippen LogP contribution in [0.5, 0.6) is 5.75 Å². The molecule has 0 bridgehead atoms. The van der Waals surface area contributed by atoms with Crippen molar-refractivity contribution in [2.75, 3.05) is 30.8 Å². The molecule has 1 unspecified atom stereocenters. The van der Waals surface area contributed by atoms with Crippen LogP contribution in [0.2, 0.25) is 0 Å². The van der Waals surface area contributed by atoms with Crippen LogP contribution >= 0.6 is 0 Å². The lowest BCUT2D eigenvalue weighted by Gasteiger charge is -2.33. The van der Waals surface area contributed by atoms with Gasteiger partial charge in [0, 0.05) is 25.1 Å². The Morgan fingerprint density at radius 3 is 2.79 bits per heavy atom. The molecular weight excluding hydrogens is 439 g/mol. The van der Waals surface area contributed by atoms with Crippen LogP contribution in [-0.2, 0) is 0 Å². The number of piperidine rings is 1. The molecule has 1 aliphatic heterocycles. The fourth-order valence-electron chi connectivity index (χ4n) is 4.76. The van der Waals surface area contributed by atoms with E-state index in [-0.39, 0.29) is 17.9 Å². The van der Waals surface area contributed by atoms with Crippen molar-refractivity contribution in [3.8, 4) is 5.75 Å². The van der Waals surface area contributed by atoms with E-state index in [4.69, 9.17) is 15.5 Å². The molecule has 4 heterocycles. The van der Waals surface area contributed by atoms with Crippen LogP contribution in [0, 0.1) is 12.7 Å². The molecule has 1 aromatic carbocycles. The summed E-state index contributed by atoms with van der Waals surface area (Å²) in [5.74, 6) is 0.747. The molecular formula is C23H29FN8O2. The van der Waals surface area contributed by atoms with Gasteiger partial charge in [0.25, 0.3) is 0 Å². The largest absolute Gasteiger partial charge is 0.494 e. The number of fused-ring (bicyclic) bond motifs is 3. The van der Waals surface area contributed by atoms with Crippen LogP contribution in [0.4, 0.5) is 16.0 Å². The number of halogens is 1. The zero-order valence-electron chi connectivity index (χ0n) is 19.7. The summed E-state index contributed by atoms with van der Waals surface area (Å²) in [6, 6.07) is 2.55. The summed E-state index contributed by atoms with van der Waals surface area (Å²) in [6.07, 6.45) is 3.25. The van der Waals surface area contributed by atoms with Gasteiger partial charge in [-0.15, -0.1) is 5.10 Å². The van der Waals surface area contributed by atoms with Gasteiger partial charge in [-0.05, 0) is 39.7 Å². The monoisotopic (exact) mass is 468 g/mol. The molecule has 3 N–H and O–H groups in total. The van der Waals surface area contributed by atoms with E-state index in [2.05, 4.69) is 20.1 Å². The van der Waals surface area contributed by atoms with E-state index in [1.807, 2.05) is 24.7 Å². The number of hydrogen-bond donors (Lipinski definition) is 2. The average molecular weight is 469 g/mol. The van der Waals surface area contributed by atoms with Gasteiger partial charge in [0.1, 0.15) is 17.1 Å². The summed E-state index contributed by atoms with van der Waals surface area (Å²) in [5.41, 5.74) is 9.15. The smallest absolute Gasteiger partial charge is 0.223 e. The summed E-state index contributed by atoms with van der Waals surface area (Å²) in [7, 11) is 1.47. The highest BCUT2D eigenvalue weighted by Gasteiger charge is 2.28. The Labute approximate surface area is 196 Å². The first-order valence-corrected chi connectivity index (χ1v) is 11.4. The topological polar surface area (TPSA) is 120 Å². The van der Waals surface area contributed by atoms with Crippen molar-refractivity contribution in [2.24, 2.45) is 0 Å². The molecule has 1 fully saturated rings. The van der Waals surface area contributed by atoms with E-state index in [1.54, 1.807) is 6.92 Å². The van der Waals surface area contributed by atoms with Gasteiger partial charge in [0.15, 0.2) is 11.5 Å². The second-order valence-corrected chi connectivity index (χ2v) is 9.01. The van der Waals surface area contributed by atoms with Crippen LogP contribution < -0.4 is 15.4 Å². The van der Waals surface area contributed by atoms with E-state index in [9.17, 15) is 9.50 Å². The molecule has 3 aromatic heterocycles. The maximum absolute atomic E-state index is 14.2. The molecule has 4 aromatic rings. The molecule has 0 saturated carbocycles. The number of nitrogen functional groups attached to an aromatic ring is 1. The molecule has 34 heavy (non-hydrogen) atoms. The Balaban J connectivity index is 1.50. The molecule has 180 valence electrons. The summed E-state index contributed by atoms with van der Waals surface area (Å²) in [5, 5.41) is 19.7. The van der Waals surface area contributed by atoms with Gasteiger partial charge in [-0.3, -0.25) is 4.68 Å². The van der Waals surface area contributed by atoms with Crippen molar-refractivity contribution in [2.45, 2.75) is 51.7 Å². The lowest BCUT2D eigenvalue weighted by atomic mass is 9.97. The zero-order valence-corrected chi connectivity index (χ0v) is 19.7. The minimum atomic E-state index is -0.500. The molecule has 0 spiro atoms. The number of benzene rings is 1. The molecule has 0 aliphatic carbocycles. The highest BCUT2D eigenvalue weighted by atomic mass is 19.1. The normalized spacial score (nSPS) is 18.5. The maximum atomic E-state index is 14.2. The fourth-order valence-corrected chi connectivity index (χ4v) is 4.76. The summed E-state index contributed by atoms with van der Waals surface area (Å²) in [4.78, 5) is 11.5. The van der Waals surface area contributed by atoms with Crippen molar-refractivity contribution in [1.29, 1.82) is 0 Å². The summed E-state index contributed by atoms with van der Waals surface area (Å²) >= 11 is 0. The first-order chi connectivity index (χ1) is 16.3. The van der Waals surface area contributed by atoms with E-state index in [0.29, 0.717) is 28.1 Å².